The molecule has 0 aliphatic carbocycles. The quantitative estimate of drug-likeness (QED) is 0.284. The standard InChI is InChI=1S/C15H23FN4O.HI/c1-4-17-15(19-8-7-18-12(3)21)20-10-13-5-6-14(16)11(2)9-13;/h5-6,9H,4,7-8,10H2,1-3H3,(H,18,21)(H2,17,19,20);1H. The fourth-order valence-electron chi connectivity index (χ4n) is 1.74. The van der Waals surface area contributed by atoms with Gasteiger partial charge in [-0.15, -0.1) is 24.0 Å². The second-order valence-corrected chi connectivity index (χ2v) is 4.69. The Morgan fingerprint density at radius 1 is 1.23 bits per heavy atom. The molecule has 0 aliphatic rings. The first-order chi connectivity index (χ1) is 10.0. The van der Waals surface area contributed by atoms with E-state index in [1.165, 1.54) is 13.0 Å². The normalized spacial score (nSPS) is 10.6. The zero-order chi connectivity index (χ0) is 15.7. The molecule has 0 spiro atoms. The highest BCUT2D eigenvalue weighted by molar-refractivity contribution is 14.0. The number of guanidine groups is 1. The van der Waals surface area contributed by atoms with Crippen molar-refractivity contribution in [3.8, 4) is 0 Å². The van der Waals surface area contributed by atoms with Crippen molar-refractivity contribution in [1.82, 2.24) is 16.0 Å². The lowest BCUT2D eigenvalue weighted by Crippen LogP contribution is -2.41. The van der Waals surface area contributed by atoms with E-state index in [4.69, 9.17) is 0 Å². The van der Waals surface area contributed by atoms with Crippen molar-refractivity contribution in [2.75, 3.05) is 19.6 Å². The lowest BCUT2D eigenvalue weighted by atomic mass is 10.1. The predicted molar refractivity (Wildman–Crippen MR) is 98.1 cm³/mol. The summed E-state index contributed by atoms with van der Waals surface area (Å²) in [5.41, 5.74) is 1.57. The maximum absolute atomic E-state index is 13.2. The zero-order valence-electron chi connectivity index (χ0n) is 13.2. The van der Waals surface area contributed by atoms with E-state index in [0.29, 0.717) is 31.2 Å². The number of rotatable bonds is 6. The summed E-state index contributed by atoms with van der Waals surface area (Å²) in [7, 11) is 0. The van der Waals surface area contributed by atoms with Crippen LogP contribution in [0, 0.1) is 12.7 Å². The van der Waals surface area contributed by atoms with E-state index in [9.17, 15) is 9.18 Å². The maximum Gasteiger partial charge on any atom is 0.216 e. The highest BCUT2D eigenvalue weighted by Gasteiger charge is 2.00. The SMILES string of the molecule is CCNC(=NCc1ccc(F)c(C)c1)NCCNC(C)=O.I. The van der Waals surface area contributed by atoms with Crippen molar-refractivity contribution in [3.63, 3.8) is 0 Å². The van der Waals surface area contributed by atoms with Crippen molar-refractivity contribution in [1.29, 1.82) is 0 Å². The number of hydrogen-bond acceptors (Lipinski definition) is 2. The Hall–Kier alpha value is -1.38. The molecule has 0 fully saturated rings. The molecule has 1 aromatic carbocycles. The summed E-state index contributed by atoms with van der Waals surface area (Å²) in [4.78, 5) is 15.2. The van der Waals surface area contributed by atoms with Gasteiger partial charge < -0.3 is 16.0 Å². The molecule has 22 heavy (non-hydrogen) atoms. The highest BCUT2D eigenvalue weighted by atomic mass is 127. The molecule has 0 atom stereocenters. The van der Waals surface area contributed by atoms with Crippen LogP contribution in [0.25, 0.3) is 0 Å². The number of halogens is 2. The van der Waals surface area contributed by atoms with Gasteiger partial charge in [-0.2, -0.15) is 0 Å². The number of carbonyl (C=O) groups is 1. The van der Waals surface area contributed by atoms with Crippen molar-refractivity contribution in [2.45, 2.75) is 27.3 Å². The molecular formula is C15H24FIN4O. The van der Waals surface area contributed by atoms with E-state index < -0.39 is 0 Å². The highest BCUT2D eigenvalue weighted by Crippen LogP contribution is 2.09. The fraction of sp³-hybridized carbons (Fsp3) is 0.467. The van der Waals surface area contributed by atoms with Gasteiger partial charge in [0, 0.05) is 26.6 Å². The smallest absolute Gasteiger partial charge is 0.216 e. The molecule has 1 rings (SSSR count). The van der Waals surface area contributed by atoms with Crippen LogP contribution in [0.5, 0.6) is 0 Å². The lowest BCUT2D eigenvalue weighted by molar-refractivity contribution is -0.118. The molecule has 7 heteroatoms. The number of aliphatic imine (C=N–C) groups is 1. The summed E-state index contributed by atoms with van der Waals surface area (Å²) < 4.78 is 13.2. The predicted octanol–water partition coefficient (Wildman–Crippen LogP) is 1.94. The van der Waals surface area contributed by atoms with Crippen LogP contribution >= 0.6 is 24.0 Å². The molecular weight excluding hydrogens is 398 g/mol. The van der Waals surface area contributed by atoms with Crippen LogP contribution in [0.4, 0.5) is 4.39 Å². The summed E-state index contributed by atoms with van der Waals surface area (Å²) in [5.74, 6) is 0.411. The van der Waals surface area contributed by atoms with Crippen LogP contribution in [0.15, 0.2) is 23.2 Å². The largest absolute Gasteiger partial charge is 0.357 e. The Morgan fingerprint density at radius 2 is 1.91 bits per heavy atom. The molecule has 0 radical (unpaired) electrons. The van der Waals surface area contributed by atoms with E-state index in [0.717, 1.165) is 12.1 Å². The van der Waals surface area contributed by atoms with E-state index in [2.05, 4.69) is 20.9 Å². The minimum absolute atomic E-state index is 0. The minimum atomic E-state index is -0.205. The number of aryl methyl sites for hydroxylation is 1. The molecule has 0 heterocycles. The van der Waals surface area contributed by atoms with Gasteiger partial charge in [-0.1, -0.05) is 12.1 Å². The van der Waals surface area contributed by atoms with Crippen LogP contribution < -0.4 is 16.0 Å². The minimum Gasteiger partial charge on any atom is -0.357 e. The first-order valence-electron chi connectivity index (χ1n) is 7.04. The summed E-state index contributed by atoms with van der Waals surface area (Å²) in [6.45, 7) is 7.54. The molecule has 5 nitrogen and oxygen atoms in total. The van der Waals surface area contributed by atoms with Gasteiger partial charge in [0.25, 0.3) is 0 Å². The van der Waals surface area contributed by atoms with Crippen LogP contribution in [0.3, 0.4) is 0 Å². The molecule has 0 unspecified atom stereocenters. The zero-order valence-corrected chi connectivity index (χ0v) is 15.5. The summed E-state index contributed by atoms with van der Waals surface area (Å²) in [6.07, 6.45) is 0. The number of nitrogens with one attached hydrogen (secondary N) is 3. The van der Waals surface area contributed by atoms with Gasteiger partial charge >= 0.3 is 0 Å². The first-order valence-corrected chi connectivity index (χ1v) is 7.04. The van der Waals surface area contributed by atoms with E-state index >= 15 is 0 Å². The van der Waals surface area contributed by atoms with Gasteiger partial charge in [-0.3, -0.25) is 4.79 Å². The van der Waals surface area contributed by atoms with Gasteiger partial charge in [0.15, 0.2) is 5.96 Å². The summed E-state index contributed by atoms with van der Waals surface area (Å²) in [5, 5.41) is 8.95. The molecule has 0 saturated carbocycles. The van der Waals surface area contributed by atoms with E-state index in [1.54, 1.807) is 19.1 Å². The Labute approximate surface area is 148 Å². The van der Waals surface area contributed by atoms with Gasteiger partial charge in [-0.05, 0) is 31.0 Å². The van der Waals surface area contributed by atoms with Crippen molar-refractivity contribution < 1.29 is 9.18 Å². The van der Waals surface area contributed by atoms with Gasteiger partial charge in [0.2, 0.25) is 5.91 Å². The Bertz CT molecular complexity index is 508. The molecule has 3 N–H and O–H groups in total. The number of benzene rings is 1. The Morgan fingerprint density at radius 3 is 2.50 bits per heavy atom. The second-order valence-electron chi connectivity index (χ2n) is 4.69. The third-order valence-electron chi connectivity index (χ3n) is 2.78. The number of carbonyl (C=O) groups excluding carboxylic acids is 1. The van der Waals surface area contributed by atoms with Crippen molar-refractivity contribution in [3.05, 3.63) is 35.1 Å². The summed E-state index contributed by atoms with van der Waals surface area (Å²) in [6, 6.07) is 4.98. The van der Waals surface area contributed by atoms with Crippen LogP contribution in [-0.2, 0) is 11.3 Å². The van der Waals surface area contributed by atoms with Crippen LogP contribution in [0.1, 0.15) is 25.0 Å². The molecule has 0 bridgehead atoms. The molecule has 1 amide bonds. The average molecular weight is 422 g/mol. The second kappa shape index (κ2) is 11.2. The number of amides is 1. The maximum atomic E-state index is 13.2. The topological polar surface area (TPSA) is 65.5 Å². The number of hydrogen-bond donors (Lipinski definition) is 3. The van der Waals surface area contributed by atoms with Crippen molar-refractivity contribution in [2.24, 2.45) is 4.99 Å². The molecule has 0 saturated heterocycles. The third-order valence-corrected chi connectivity index (χ3v) is 2.78. The van der Waals surface area contributed by atoms with E-state index in [1.807, 2.05) is 6.92 Å². The third kappa shape index (κ3) is 8.16. The van der Waals surface area contributed by atoms with Crippen molar-refractivity contribution >= 4 is 35.8 Å². The average Bonchev–Trinajstić information content (AvgIpc) is 2.44. The van der Waals surface area contributed by atoms with Gasteiger partial charge in [0.05, 0.1) is 6.54 Å². The van der Waals surface area contributed by atoms with E-state index in [-0.39, 0.29) is 35.7 Å². The Balaban J connectivity index is 0.00000441. The van der Waals surface area contributed by atoms with Gasteiger partial charge in [-0.25, -0.2) is 9.38 Å². The number of nitrogens with zero attached hydrogens (tertiary/aromatic N) is 1. The molecule has 0 aliphatic heterocycles. The first kappa shape index (κ1) is 20.6. The summed E-state index contributed by atoms with van der Waals surface area (Å²) >= 11 is 0. The van der Waals surface area contributed by atoms with Gasteiger partial charge in [0.1, 0.15) is 5.82 Å². The monoisotopic (exact) mass is 422 g/mol. The molecule has 1 aromatic rings. The lowest BCUT2D eigenvalue weighted by Gasteiger charge is -2.11. The van der Waals surface area contributed by atoms with Crippen LogP contribution in [-0.4, -0.2) is 31.5 Å². The fourth-order valence-corrected chi connectivity index (χ4v) is 1.74. The molecule has 124 valence electrons. The molecule has 0 aromatic heterocycles. The Kier molecular flexibility index (Phi) is 10.5. The van der Waals surface area contributed by atoms with Crippen LogP contribution in [0.2, 0.25) is 0 Å².